The summed E-state index contributed by atoms with van der Waals surface area (Å²) in [4.78, 5) is 4.59. The molecule has 0 saturated carbocycles. The lowest BCUT2D eigenvalue weighted by molar-refractivity contribution is 0.478. The number of phenols is 1. The van der Waals surface area contributed by atoms with Gasteiger partial charge in [-0.3, -0.25) is 4.99 Å². The van der Waals surface area contributed by atoms with Gasteiger partial charge < -0.3 is 5.11 Å². The molecule has 0 unspecified atom stereocenters. The zero-order valence-corrected chi connectivity index (χ0v) is 14.1. The molecule has 0 aromatic heterocycles. The van der Waals surface area contributed by atoms with E-state index in [2.05, 4.69) is 51.5 Å². The highest BCUT2D eigenvalue weighted by Gasteiger charge is 2.22. The van der Waals surface area contributed by atoms with Crippen molar-refractivity contribution >= 4 is 19.5 Å². The Kier molecular flexibility index (Phi) is 5.35. The van der Waals surface area contributed by atoms with Crippen molar-refractivity contribution in [3.63, 3.8) is 0 Å². The van der Waals surface area contributed by atoms with E-state index in [1.807, 2.05) is 12.3 Å². The van der Waals surface area contributed by atoms with Gasteiger partial charge in [-0.1, -0.05) is 45.1 Å². The second-order valence-electron chi connectivity index (χ2n) is 6.25. The largest absolute Gasteiger partial charge is 0.507 e. The maximum absolute atomic E-state index is 10.5. The van der Waals surface area contributed by atoms with Gasteiger partial charge in [0.15, 0.2) is 0 Å². The predicted octanol–water partition coefficient (Wildman–Crippen LogP) is 3.85. The van der Waals surface area contributed by atoms with Crippen molar-refractivity contribution in [2.24, 2.45) is 4.99 Å². The zero-order chi connectivity index (χ0) is 14.6. The Bertz CT molecular complexity index is 457. The van der Waals surface area contributed by atoms with Crippen LogP contribution in [0.25, 0.3) is 0 Å². The van der Waals surface area contributed by atoms with Gasteiger partial charge in [0, 0.05) is 17.8 Å². The normalized spacial score (nSPS) is 12.6. The van der Waals surface area contributed by atoms with Crippen LogP contribution in [0.5, 0.6) is 5.75 Å². The number of aromatic hydroxyl groups is 1. The molecular formula is C16H27NOSi. The van der Waals surface area contributed by atoms with E-state index in [1.54, 1.807) is 0 Å². The molecule has 0 atom stereocenters. The molecule has 0 aliphatic rings. The summed E-state index contributed by atoms with van der Waals surface area (Å²) in [6.07, 6.45) is 3.94. The minimum Gasteiger partial charge on any atom is -0.507 e. The van der Waals surface area contributed by atoms with E-state index < -0.39 is 8.07 Å². The number of benzene rings is 1. The van der Waals surface area contributed by atoms with Crippen LogP contribution >= 0.6 is 0 Å². The smallest absolute Gasteiger partial charge is 0.123 e. The molecule has 0 aliphatic heterocycles. The fourth-order valence-corrected chi connectivity index (χ4v) is 3.68. The average molecular weight is 277 g/mol. The van der Waals surface area contributed by atoms with Gasteiger partial charge in [0.1, 0.15) is 5.75 Å². The van der Waals surface area contributed by atoms with Crippen molar-refractivity contribution in [1.29, 1.82) is 0 Å². The van der Waals surface area contributed by atoms with Crippen LogP contribution in [0.15, 0.2) is 17.1 Å². The first-order valence-electron chi connectivity index (χ1n) is 7.16. The molecule has 0 spiro atoms. The molecule has 0 saturated heterocycles. The van der Waals surface area contributed by atoms with Crippen molar-refractivity contribution < 1.29 is 5.11 Å². The molecule has 1 rings (SSSR count). The Balaban J connectivity index is 3.19. The fourth-order valence-electron chi connectivity index (χ4n) is 2.16. The first-order chi connectivity index (χ1) is 8.79. The summed E-state index contributed by atoms with van der Waals surface area (Å²) in [6, 6.07) is 4.50. The first-order valence-corrected chi connectivity index (χ1v) is 10.7. The summed E-state index contributed by atoms with van der Waals surface area (Å²) in [5, 5.41) is 11.6. The molecule has 0 aliphatic carbocycles. The highest BCUT2D eigenvalue weighted by molar-refractivity contribution is 6.89. The molecule has 1 N–H and O–H groups in total. The quantitative estimate of drug-likeness (QED) is 0.643. The Hall–Kier alpha value is -1.09. The van der Waals surface area contributed by atoms with Crippen LogP contribution in [0, 0.1) is 6.92 Å². The van der Waals surface area contributed by atoms with E-state index in [0.717, 1.165) is 23.6 Å². The SMILES string of the molecule is CCC(CC)N=Cc1cc(C)cc([Si](C)(C)C)c1O. The van der Waals surface area contributed by atoms with Gasteiger partial charge in [-0.05, 0) is 31.0 Å². The number of nitrogens with zero attached hydrogens (tertiary/aromatic N) is 1. The fraction of sp³-hybridized carbons (Fsp3) is 0.562. The van der Waals surface area contributed by atoms with Crippen molar-refractivity contribution in [3.05, 3.63) is 23.3 Å². The third kappa shape index (κ3) is 4.20. The average Bonchev–Trinajstić information content (AvgIpc) is 2.32. The van der Waals surface area contributed by atoms with Crippen molar-refractivity contribution in [2.75, 3.05) is 0 Å². The Labute approximate surface area is 118 Å². The minimum absolute atomic E-state index is 0.357. The van der Waals surface area contributed by atoms with Crippen LogP contribution in [-0.2, 0) is 0 Å². The van der Waals surface area contributed by atoms with Crippen LogP contribution in [0.3, 0.4) is 0 Å². The molecule has 2 nitrogen and oxygen atoms in total. The molecule has 1 aromatic rings. The maximum Gasteiger partial charge on any atom is 0.123 e. The zero-order valence-electron chi connectivity index (χ0n) is 13.1. The second kappa shape index (κ2) is 6.37. The lowest BCUT2D eigenvalue weighted by Crippen LogP contribution is -2.38. The van der Waals surface area contributed by atoms with Gasteiger partial charge in [-0.25, -0.2) is 0 Å². The summed E-state index contributed by atoms with van der Waals surface area (Å²) in [7, 11) is -1.53. The van der Waals surface area contributed by atoms with Crippen molar-refractivity contribution in [3.8, 4) is 5.75 Å². The van der Waals surface area contributed by atoms with Crippen molar-refractivity contribution in [1.82, 2.24) is 0 Å². The lowest BCUT2D eigenvalue weighted by atomic mass is 10.1. The van der Waals surface area contributed by atoms with E-state index >= 15 is 0 Å². The molecule has 1 aromatic carbocycles. The summed E-state index contributed by atoms with van der Waals surface area (Å²) in [5.74, 6) is 0.430. The lowest BCUT2D eigenvalue weighted by Gasteiger charge is -2.20. The van der Waals surface area contributed by atoms with E-state index in [0.29, 0.717) is 11.8 Å². The summed E-state index contributed by atoms with van der Waals surface area (Å²) in [6.45, 7) is 13.1. The highest BCUT2D eigenvalue weighted by Crippen LogP contribution is 2.19. The number of hydrogen-bond donors (Lipinski definition) is 1. The van der Waals surface area contributed by atoms with E-state index in [-0.39, 0.29) is 0 Å². The van der Waals surface area contributed by atoms with Gasteiger partial charge in [0.2, 0.25) is 0 Å². The Morgan fingerprint density at radius 2 is 1.79 bits per heavy atom. The Morgan fingerprint density at radius 3 is 2.26 bits per heavy atom. The molecular weight excluding hydrogens is 250 g/mol. The van der Waals surface area contributed by atoms with Crippen LogP contribution in [0.1, 0.15) is 37.8 Å². The monoisotopic (exact) mass is 277 g/mol. The number of rotatable bonds is 5. The summed E-state index contributed by atoms with van der Waals surface area (Å²) < 4.78 is 0. The standard InChI is InChI=1S/C16H27NOSi/c1-7-14(8-2)17-11-13-9-12(3)10-15(16(13)18)19(4,5)6/h9-11,14,18H,7-8H2,1-6H3. The van der Waals surface area contributed by atoms with Gasteiger partial charge in [-0.15, -0.1) is 0 Å². The van der Waals surface area contributed by atoms with Gasteiger partial charge in [0.25, 0.3) is 0 Å². The molecule has 19 heavy (non-hydrogen) atoms. The third-order valence-electron chi connectivity index (χ3n) is 3.46. The van der Waals surface area contributed by atoms with Crippen molar-refractivity contribution in [2.45, 2.75) is 59.3 Å². The highest BCUT2D eigenvalue weighted by atomic mass is 28.3. The molecule has 0 amide bonds. The van der Waals surface area contributed by atoms with Crippen LogP contribution in [-0.4, -0.2) is 25.4 Å². The molecule has 0 radical (unpaired) electrons. The summed E-state index contributed by atoms with van der Waals surface area (Å²) in [5.41, 5.74) is 2.06. The summed E-state index contributed by atoms with van der Waals surface area (Å²) >= 11 is 0. The maximum atomic E-state index is 10.5. The minimum atomic E-state index is -1.53. The number of phenolic OH excluding ortho intramolecular Hbond substituents is 1. The van der Waals surface area contributed by atoms with Gasteiger partial charge >= 0.3 is 0 Å². The van der Waals surface area contributed by atoms with Gasteiger partial charge in [-0.2, -0.15) is 0 Å². The number of aliphatic imine (C=N–C) groups is 1. The molecule has 0 fully saturated rings. The third-order valence-corrected chi connectivity index (χ3v) is 5.46. The van der Waals surface area contributed by atoms with E-state index in [4.69, 9.17) is 0 Å². The van der Waals surface area contributed by atoms with E-state index in [9.17, 15) is 5.11 Å². The Morgan fingerprint density at radius 1 is 1.21 bits per heavy atom. The van der Waals surface area contributed by atoms with Crippen LogP contribution in [0.4, 0.5) is 0 Å². The molecule has 0 bridgehead atoms. The molecule has 106 valence electrons. The van der Waals surface area contributed by atoms with E-state index in [1.165, 1.54) is 5.56 Å². The predicted molar refractivity (Wildman–Crippen MR) is 87.8 cm³/mol. The van der Waals surface area contributed by atoms with Crippen LogP contribution < -0.4 is 5.19 Å². The van der Waals surface area contributed by atoms with Gasteiger partial charge in [0.05, 0.1) is 8.07 Å². The topological polar surface area (TPSA) is 32.6 Å². The molecule has 0 heterocycles. The number of aryl methyl sites for hydroxylation is 1. The molecule has 3 heteroatoms. The number of hydrogen-bond acceptors (Lipinski definition) is 2. The van der Waals surface area contributed by atoms with Crippen LogP contribution in [0.2, 0.25) is 19.6 Å². The second-order valence-corrected chi connectivity index (χ2v) is 11.3. The first kappa shape index (κ1) is 16.0.